The summed E-state index contributed by atoms with van der Waals surface area (Å²) in [6.45, 7) is 4.24. The third kappa shape index (κ3) is 2.51. The molecule has 0 aliphatic carbocycles. The van der Waals surface area contributed by atoms with Crippen molar-refractivity contribution in [1.82, 2.24) is 0 Å². The first-order valence-electron chi connectivity index (χ1n) is 7.42. The zero-order valence-electron chi connectivity index (χ0n) is 12.3. The quantitative estimate of drug-likeness (QED) is 0.904. The van der Waals surface area contributed by atoms with Gasteiger partial charge in [0.25, 0.3) is 0 Å². The lowest BCUT2D eigenvalue weighted by Gasteiger charge is -2.14. The number of nitrogens with zero attached hydrogens (tertiary/aromatic N) is 1. The van der Waals surface area contributed by atoms with Crippen molar-refractivity contribution in [3.8, 4) is 0 Å². The number of anilines is 2. The van der Waals surface area contributed by atoms with Gasteiger partial charge in [-0.05, 0) is 41.7 Å². The molecule has 2 aromatic carbocycles. The van der Waals surface area contributed by atoms with Gasteiger partial charge >= 0.3 is 0 Å². The maximum Gasteiger partial charge on any atom is 0.0401 e. The van der Waals surface area contributed by atoms with E-state index in [2.05, 4.69) is 66.7 Å². The lowest BCUT2D eigenvalue weighted by Crippen LogP contribution is -2.12. The molecule has 2 nitrogen and oxygen atoms in total. The summed E-state index contributed by atoms with van der Waals surface area (Å²) in [5.41, 5.74) is 6.88. The van der Waals surface area contributed by atoms with Crippen LogP contribution in [0.4, 0.5) is 11.4 Å². The average Bonchev–Trinajstić information content (AvgIpc) is 2.86. The van der Waals surface area contributed by atoms with Gasteiger partial charge in [-0.2, -0.15) is 0 Å². The SMILES string of the molecule is CCc1ccccc1NCc1ccc2c(c1)CCN2C. The van der Waals surface area contributed by atoms with Gasteiger partial charge in [0.15, 0.2) is 0 Å². The lowest BCUT2D eigenvalue weighted by atomic mass is 10.1. The molecule has 1 N–H and O–H groups in total. The minimum Gasteiger partial charge on any atom is -0.381 e. The fraction of sp³-hybridized carbons (Fsp3) is 0.333. The summed E-state index contributed by atoms with van der Waals surface area (Å²) in [6, 6.07) is 15.4. The van der Waals surface area contributed by atoms with Gasteiger partial charge < -0.3 is 10.2 Å². The highest BCUT2D eigenvalue weighted by atomic mass is 15.1. The van der Waals surface area contributed by atoms with Crippen molar-refractivity contribution in [3.63, 3.8) is 0 Å². The van der Waals surface area contributed by atoms with E-state index >= 15 is 0 Å². The molecule has 0 saturated carbocycles. The predicted octanol–water partition coefficient (Wildman–Crippen LogP) is 3.85. The van der Waals surface area contributed by atoms with Crippen LogP contribution in [0.1, 0.15) is 23.6 Å². The summed E-state index contributed by atoms with van der Waals surface area (Å²) in [6.07, 6.45) is 2.24. The molecule has 0 fully saturated rings. The van der Waals surface area contributed by atoms with Gasteiger partial charge in [0.1, 0.15) is 0 Å². The molecule has 0 spiro atoms. The number of para-hydroxylation sites is 1. The molecule has 2 aromatic rings. The molecule has 3 rings (SSSR count). The Labute approximate surface area is 121 Å². The molecule has 0 unspecified atom stereocenters. The minimum atomic E-state index is 0.897. The number of rotatable bonds is 4. The largest absolute Gasteiger partial charge is 0.381 e. The summed E-state index contributed by atoms with van der Waals surface area (Å²) in [5, 5.41) is 3.57. The van der Waals surface area contributed by atoms with Gasteiger partial charge in [0.05, 0.1) is 0 Å². The van der Waals surface area contributed by atoms with E-state index in [9.17, 15) is 0 Å². The highest BCUT2D eigenvalue weighted by Gasteiger charge is 2.15. The molecular weight excluding hydrogens is 244 g/mol. The molecule has 1 heterocycles. The third-order valence-corrected chi connectivity index (χ3v) is 4.15. The number of likely N-dealkylation sites (N-methyl/N-ethyl adjacent to an activating group) is 1. The van der Waals surface area contributed by atoms with Crippen molar-refractivity contribution in [2.75, 3.05) is 23.8 Å². The average molecular weight is 266 g/mol. The van der Waals surface area contributed by atoms with Gasteiger partial charge in [-0.15, -0.1) is 0 Å². The summed E-state index contributed by atoms with van der Waals surface area (Å²) >= 11 is 0. The Morgan fingerprint density at radius 2 is 2.00 bits per heavy atom. The van der Waals surface area contributed by atoms with E-state index in [-0.39, 0.29) is 0 Å². The van der Waals surface area contributed by atoms with Crippen LogP contribution in [0.5, 0.6) is 0 Å². The van der Waals surface area contributed by atoms with Gasteiger partial charge in [0, 0.05) is 31.5 Å². The normalized spacial score (nSPS) is 13.4. The molecule has 1 aliphatic rings. The maximum atomic E-state index is 3.57. The topological polar surface area (TPSA) is 15.3 Å². The first kappa shape index (κ1) is 13.0. The Morgan fingerprint density at radius 3 is 2.85 bits per heavy atom. The standard InChI is InChI=1S/C18H22N2/c1-3-15-6-4-5-7-17(15)19-13-14-8-9-18-16(12-14)10-11-20(18)2/h4-9,12,19H,3,10-11,13H2,1-2H3. The minimum absolute atomic E-state index is 0.897. The van der Waals surface area contributed by atoms with Crippen molar-refractivity contribution in [2.24, 2.45) is 0 Å². The summed E-state index contributed by atoms with van der Waals surface area (Å²) < 4.78 is 0. The highest BCUT2D eigenvalue weighted by Crippen LogP contribution is 2.27. The Kier molecular flexibility index (Phi) is 3.64. The van der Waals surface area contributed by atoms with E-state index in [1.165, 1.54) is 34.5 Å². The molecular formula is C18H22N2. The highest BCUT2D eigenvalue weighted by molar-refractivity contribution is 5.59. The van der Waals surface area contributed by atoms with Gasteiger partial charge in [0.2, 0.25) is 0 Å². The number of nitrogens with one attached hydrogen (secondary N) is 1. The Balaban J connectivity index is 1.73. The number of benzene rings is 2. The van der Waals surface area contributed by atoms with Crippen LogP contribution in [0.15, 0.2) is 42.5 Å². The van der Waals surface area contributed by atoms with E-state index in [0.717, 1.165) is 19.5 Å². The molecule has 0 radical (unpaired) electrons. The number of aryl methyl sites for hydroxylation is 1. The summed E-state index contributed by atoms with van der Waals surface area (Å²) in [4.78, 5) is 2.33. The second-order valence-electron chi connectivity index (χ2n) is 5.50. The zero-order valence-corrected chi connectivity index (χ0v) is 12.3. The van der Waals surface area contributed by atoms with Crippen LogP contribution in [0.2, 0.25) is 0 Å². The Hall–Kier alpha value is -1.96. The maximum absolute atomic E-state index is 3.57. The molecule has 1 aliphatic heterocycles. The van der Waals surface area contributed by atoms with Crippen LogP contribution in [-0.4, -0.2) is 13.6 Å². The van der Waals surface area contributed by atoms with Crippen molar-refractivity contribution in [2.45, 2.75) is 26.3 Å². The fourth-order valence-electron chi connectivity index (χ4n) is 2.93. The monoisotopic (exact) mass is 266 g/mol. The lowest BCUT2D eigenvalue weighted by molar-refractivity contribution is 0.955. The van der Waals surface area contributed by atoms with Gasteiger partial charge in [-0.25, -0.2) is 0 Å². The molecule has 0 saturated heterocycles. The molecule has 0 bridgehead atoms. The van der Waals surface area contributed by atoms with E-state index in [0.29, 0.717) is 0 Å². The van der Waals surface area contributed by atoms with Crippen LogP contribution in [-0.2, 0) is 19.4 Å². The third-order valence-electron chi connectivity index (χ3n) is 4.15. The molecule has 20 heavy (non-hydrogen) atoms. The fourth-order valence-corrected chi connectivity index (χ4v) is 2.93. The smallest absolute Gasteiger partial charge is 0.0401 e. The second kappa shape index (κ2) is 5.58. The van der Waals surface area contributed by atoms with E-state index in [1.54, 1.807) is 0 Å². The van der Waals surface area contributed by atoms with E-state index in [1.807, 2.05) is 0 Å². The van der Waals surface area contributed by atoms with Gasteiger partial charge in [-0.3, -0.25) is 0 Å². The van der Waals surface area contributed by atoms with Crippen LogP contribution < -0.4 is 10.2 Å². The van der Waals surface area contributed by atoms with E-state index in [4.69, 9.17) is 0 Å². The number of hydrogen-bond donors (Lipinski definition) is 1. The van der Waals surface area contributed by atoms with Crippen molar-refractivity contribution >= 4 is 11.4 Å². The van der Waals surface area contributed by atoms with Crippen LogP contribution in [0.3, 0.4) is 0 Å². The van der Waals surface area contributed by atoms with Crippen LogP contribution in [0, 0.1) is 0 Å². The van der Waals surface area contributed by atoms with Crippen molar-refractivity contribution < 1.29 is 0 Å². The molecule has 0 amide bonds. The van der Waals surface area contributed by atoms with Gasteiger partial charge in [-0.1, -0.05) is 37.3 Å². The summed E-state index contributed by atoms with van der Waals surface area (Å²) in [5.74, 6) is 0. The molecule has 104 valence electrons. The van der Waals surface area contributed by atoms with Crippen molar-refractivity contribution in [1.29, 1.82) is 0 Å². The predicted molar refractivity (Wildman–Crippen MR) is 86.6 cm³/mol. The number of fused-ring (bicyclic) bond motifs is 1. The zero-order chi connectivity index (χ0) is 13.9. The first-order chi connectivity index (χ1) is 9.78. The van der Waals surface area contributed by atoms with Crippen LogP contribution in [0.25, 0.3) is 0 Å². The second-order valence-corrected chi connectivity index (χ2v) is 5.50. The van der Waals surface area contributed by atoms with Crippen molar-refractivity contribution in [3.05, 3.63) is 59.2 Å². The molecule has 0 atom stereocenters. The van der Waals surface area contributed by atoms with E-state index < -0.39 is 0 Å². The summed E-state index contributed by atoms with van der Waals surface area (Å²) in [7, 11) is 2.17. The molecule has 2 heteroatoms. The number of hydrogen-bond acceptors (Lipinski definition) is 2. The Bertz CT molecular complexity index is 604. The first-order valence-corrected chi connectivity index (χ1v) is 7.42. The molecule has 0 aromatic heterocycles. The Morgan fingerprint density at radius 1 is 1.15 bits per heavy atom. The van der Waals surface area contributed by atoms with Crippen LogP contribution >= 0.6 is 0 Å².